The molecule has 0 aliphatic heterocycles. The first-order valence-corrected chi connectivity index (χ1v) is 8.57. The minimum absolute atomic E-state index is 0.112. The minimum Gasteiger partial charge on any atom is -0.478 e. The van der Waals surface area contributed by atoms with E-state index in [0.29, 0.717) is 17.4 Å². The van der Waals surface area contributed by atoms with Gasteiger partial charge in [0.15, 0.2) is 5.13 Å². The number of hydrogen-bond acceptors (Lipinski definition) is 5. The summed E-state index contributed by atoms with van der Waals surface area (Å²) in [4.78, 5) is 38.6. The first-order chi connectivity index (χ1) is 11.8. The molecule has 2 aromatic rings. The number of benzene rings is 1. The van der Waals surface area contributed by atoms with Crippen molar-refractivity contribution in [2.75, 3.05) is 5.32 Å². The average molecular weight is 361 g/mol. The Morgan fingerprint density at radius 1 is 1.20 bits per heavy atom. The fourth-order valence-electron chi connectivity index (χ4n) is 1.89. The van der Waals surface area contributed by atoms with E-state index < -0.39 is 5.97 Å². The Morgan fingerprint density at radius 3 is 2.48 bits per heavy atom. The van der Waals surface area contributed by atoms with Crippen molar-refractivity contribution in [2.45, 2.75) is 26.8 Å². The van der Waals surface area contributed by atoms with E-state index in [2.05, 4.69) is 15.6 Å². The lowest BCUT2D eigenvalue weighted by molar-refractivity contribution is -0.120. The summed E-state index contributed by atoms with van der Waals surface area (Å²) >= 11 is 1.28. The molecule has 0 atom stereocenters. The third-order valence-corrected chi connectivity index (χ3v) is 4.15. The number of aromatic carboxylic acids is 1. The lowest BCUT2D eigenvalue weighted by Crippen LogP contribution is -2.24. The van der Waals surface area contributed by atoms with Gasteiger partial charge in [0, 0.05) is 17.8 Å². The number of carbonyl (C=O) groups is 3. The molecule has 132 valence electrons. The highest BCUT2D eigenvalue weighted by Gasteiger charge is 2.12. The van der Waals surface area contributed by atoms with Gasteiger partial charge >= 0.3 is 5.97 Å². The number of hydrogen-bond donors (Lipinski definition) is 3. The summed E-state index contributed by atoms with van der Waals surface area (Å²) in [6, 6.07) is 6.31. The Bertz CT molecular complexity index is 768. The van der Waals surface area contributed by atoms with E-state index in [1.807, 2.05) is 0 Å². The fourth-order valence-corrected chi connectivity index (χ4v) is 2.60. The molecule has 0 aliphatic carbocycles. The van der Waals surface area contributed by atoms with Crippen LogP contribution in [-0.4, -0.2) is 27.9 Å². The number of anilines is 1. The maximum atomic E-state index is 12.0. The molecule has 2 rings (SSSR count). The zero-order valence-electron chi connectivity index (χ0n) is 13.9. The average Bonchev–Trinajstić information content (AvgIpc) is 3.00. The van der Waals surface area contributed by atoms with Gasteiger partial charge in [-0.2, -0.15) is 0 Å². The third-order valence-electron chi connectivity index (χ3n) is 3.34. The Hall–Kier alpha value is -2.74. The normalized spacial score (nSPS) is 10.5. The van der Waals surface area contributed by atoms with Crippen LogP contribution in [0.3, 0.4) is 0 Å². The van der Waals surface area contributed by atoms with E-state index >= 15 is 0 Å². The van der Waals surface area contributed by atoms with E-state index in [0.717, 1.165) is 5.56 Å². The van der Waals surface area contributed by atoms with Gasteiger partial charge in [-0.25, -0.2) is 9.78 Å². The second kappa shape index (κ2) is 8.39. The molecule has 0 unspecified atom stereocenters. The molecule has 0 radical (unpaired) electrons. The molecule has 1 aromatic heterocycles. The minimum atomic E-state index is -0.987. The SMILES string of the molecule is CC(C)C(=O)Nc1nc(CC(=O)NCc2ccc(C(=O)O)cc2)cs1. The van der Waals surface area contributed by atoms with E-state index in [1.165, 1.54) is 23.5 Å². The van der Waals surface area contributed by atoms with Gasteiger partial charge in [-0.05, 0) is 17.7 Å². The quantitative estimate of drug-likeness (QED) is 0.701. The van der Waals surface area contributed by atoms with Crippen LogP contribution in [0.5, 0.6) is 0 Å². The van der Waals surface area contributed by atoms with Crippen molar-refractivity contribution >= 4 is 34.3 Å². The largest absolute Gasteiger partial charge is 0.478 e. The lowest BCUT2D eigenvalue weighted by Gasteiger charge is -2.05. The summed E-state index contributed by atoms with van der Waals surface area (Å²) < 4.78 is 0. The van der Waals surface area contributed by atoms with Crippen LogP contribution < -0.4 is 10.6 Å². The Labute approximate surface area is 149 Å². The van der Waals surface area contributed by atoms with Crippen LogP contribution in [0, 0.1) is 5.92 Å². The van der Waals surface area contributed by atoms with Crippen LogP contribution in [0.15, 0.2) is 29.6 Å². The predicted molar refractivity (Wildman–Crippen MR) is 94.5 cm³/mol. The standard InChI is InChI=1S/C17H19N3O4S/c1-10(2)15(22)20-17-19-13(9-25-17)7-14(21)18-8-11-3-5-12(6-4-11)16(23)24/h3-6,9-10H,7-8H2,1-2H3,(H,18,21)(H,23,24)(H,19,20,22). The van der Waals surface area contributed by atoms with Crippen molar-refractivity contribution in [1.82, 2.24) is 10.3 Å². The summed E-state index contributed by atoms with van der Waals surface area (Å²) in [6.45, 7) is 3.89. The molecule has 1 aromatic carbocycles. The molecule has 0 bridgehead atoms. The summed E-state index contributed by atoms with van der Waals surface area (Å²) in [5.74, 6) is -1.44. The fraction of sp³-hybridized carbons (Fsp3) is 0.294. The van der Waals surface area contributed by atoms with E-state index in [9.17, 15) is 14.4 Å². The molecule has 0 saturated carbocycles. The molecule has 0 spiro atoms. The molecule has 0 aliphatic rings. The lowest BCUT2D eigenvalue weighted by atomic mass is 10.1. The molecule has 25 heavy (non-hydrogen) atoms. The molecule has 1 heterocycles. The number of amides is 2. The summed E-state index contributed by atoms with van der Waals surface area (Å²) in [5, 5.41) is 16.5. The molecule has 0 saturated heterocycles. The van der Waals surface area contributed by atoms with Gasteiger partial charge in [0.1, 0.15) is 0 Å². The highest BCUT2D eigenvalue weighted by Crippen LogP contribution is 2.16. The zero-order chi connectivity index (χ0) is 18.4. The second-order valence-electron chi connectivity index (χ2n) is 5.74. The van der Waals surface area contributed by atoms with Crippen molar-refractivity contribution in [2.24, 2.45) is 5.92 Å². The molecule has 0 fully saturated rings. The molecular weight excluding hydrogens is 342 g/mol. The highest BCUT2D eigenvalue weighted by atomic mass is 32.1. The molecule has 3 N–H and O–H groups in total. The van der Waals surface area contributed by atoms with Crippen molar-refractivity contribution in [3.63, 3.8) is 0 Å². The Morgan fingerprint density at radius 2 is 1.88 bits per heavy atom. The third kappa shape index (κ3) is 5.68. The van der Waals surface area contributed by atoms with Gasteiger partial charge in [-0.3, -0.25) is 9.59 Å². The second-order valence-corrected chi connectivity index (χ2v) is 6.60. The van der Waals surface area contributed by atoms with E-state index in [4.69, 9.17) is 5.11 Å². The number of rotatable bonds is 7. The van der Waals surface area contributed by atoms with Crippen molar-refractivity contribution in [3.05, 3.63) is 46.5 Å². The van der Waals surface area contributed by atoms with Crippen LogP contribution in [-0.2, 0) is 22.6 Å². The Kier molecular flexibility index (Phi) is 6.24. The molecule has 7 nitrogen and oxygen atoms in total. The Balaban J connectivity index is 1.83. The molecular formula is C17H19N3O4S. The first-order valence-electron chi connectivity index (χ1n) is 7.69. The number of nitrogens with one attached hydrogen (secondary N) is 2. The van der Waals surface area contributed by atoms with Gasteiger partial charge in [0.25, 0.3) is 0 Å². The highest BCUT2D eigenvalue weighted by molar-refractivity contribution is 7.13. The number of carboxylic acids is 1. The number of aromatic nitrogens is 1. The van der Waals surface area contributed by atoms with Crippen LogP contribution in [0.2, 0.25) is 0 Å². The number of carboxylic acid groups (broad SMARTS) is 1. The maximum Gasteiger partial charge on any atom is 0.335 e. The molecule has 2 amide bonds. The number of carbonyl (C=O) groups excluding carboxylic acids is 2. The maximum absolute atomic E-state index is 12.0. The van der Waals surface area contributed by atoms with Gasteiger partial charge in [-0.15, -0.1) is 11.3 Å². The summed E-state index contributed by atoms with van der Waals surface area (Å²) in [5.41, 5.74) is 1.60. The van der Waals surface area contributed by atoms with Crippen LogP contribution in [0.25, 0.3) is 0 Å². The summed E-state index contributed by atoms with van der Waals surface area (Å²) in [6.07, 6.45) is 0.112. The van der Waals surface area contributed by atoms with Crippen molar-refractivity contribution in [3.8, 4) is 0 Å². The first kappa shape index (κ1) is 18.6. The monoisotopic (exact) mass is 361 g/mol. The van der Waals surface area contributed by atoms with Gasteiger partial charge in [0.2, 0.25) is 11.8 Å². The van der Waals surface area contributed by atoms with E-state index in [-0.39, 0.29) is 29.7 Å². The zero-order valence-corrected chi connectivity index (χ0v) is 14.7. The van der Waals surface area contributed by atoms with Crippen molar-refractivity contribution in [1.29, 1.82) is 0 Å². The smallest absolute Gasteiger partial charge is 0.335 e. The van der Waals surface area contributed by atoms with Crippen LogP contribution in [0.4, 0.5) is 5.13 Å². The molecule has 8 heteroatoms. The topological polar surface area (TPSA) is 108 Å². The number of thiazole rings is 1. The van der Waals surface area contributed by atoms with Gasteiger partial charge < -0.3 is 15.7 Å². The van der Waals surface area contributed by atoms with Crippen LogP contribution >= 0.6 is 11.3 Å². The predicted octanol–water partition coefficient (Wildman–Crippen LogP) is 2.29. The summed E-state index contributed by atoms with van der Waals surface area (Å²) in [7, 11) is 0. The van der Waals surface area contributed by atoms with Crippen LogP contribution in [0.1, 0.15) is 35.5 Å². The van der Waals surface area contributed by atoms with Gasteiger partial charge in [-0.1, -0.05) is 26.0 Å². The van der Waals surface area contributed by atoms with E-state index in [1.54, 1.807) is 31.4 Å². The number of nitrogens with zero attached hydrogens (tertiary/aromatic N) is 1. The van der Waals surface area contributed by atoms with Gasteiger partial charge in [0.05, 0.1) is 17.7 Å². The van der Waals surface area contributed by atoms with Crippen molar-refractivity contribution < 1.29 is 19.5 Å².